The van der Waals surface area contributed by atoms with E-state index in [1.54, 1.807) is 13.8 Å². The fourth-order valence-electron chi connectivity index (χ4n) is 6.27. The molecule has 3 aliphatic heterocycles. The smallest absolute Gasteiger partial charge is 0.307 e. The first-order valence-electron chi connectivity index (χ1n) is 17.1. The third-order valence-electron chi connectivity index (χ3n) is 9.32. The zero-order chi connectivity index (χ0) is 37.1. The number of carbonyl (C=O) groups excluding carboxylic acids is 2. The molecule has 0 aromatic carbocycles. The van der Waals surface area contributed by atoms with E-state index in [4.69, 9.17) is 38.9 Å². The lowest BCUT2D eigenvalue weighted by Gasteiger charge is -2.50. The van der Waals surface area contributed by atoms with Gasteiger partial charge in [0.05, 0.1) is 63.2 Å². The van der Waals surface area contributed by atoms with Crippen LogP contribution in [0.5, 0.6) is 0 Å². The Bertz CT molecular complexity index is 1030. The molecule has 0 spiro atoms. The van der Waals surface area contributed by atoms with Crippen molar-refractivity contribution < 1.29 is 73.4 Å². The molecule has 3 fully saturated rings. The molecule has 19 heteroatoms. The molecule has 11 N–H and O–H groups in total. The maximum absolute atomic E-state index is 12.0. The molecule has 0 saturated carbocycles. The van der Waals surface area contributed by atoms with Gasteiger partial charge in [-0.15, -0.1) is 0 Å². The van der Waals surface area contributed by atoms with Crippen LogP contribution in [-0.2, 0) is 42.7 Å². The minimum absolute atomic E-state index is 0.0972. The monoisotopic (exact) mass is 726 g/mol. The average Bonchev–Trinajstić information content (AvgIpc) is 3.08. The summed E-state index contributed by atoms with van der Waals surface area (Å²) in [5, 5.41) is 73.1. The van der Waals surface area contributed by atoms with Crippen LogP contribution >= 0.6 is 0 Å². The molecule has 0 radical (unpaired) electrons. The summed E-state index contributed by atoms with van der Waals surface area (Å²) in [7, 11) is 1.50. The lowest BCUT2D eigenvalue weighted by Crippen LogP contribution is -2.70. The van der Waals surface area contributed by atoms with Crippen molar-refractivity contribution in [3.05, 3.63) is 0 Å². The first-order chi connectivity index (χ1) is 23.8. The highest BCUT2D eigenvalue weighted by atomic mass is 16.7. The van der Waals surface area contributed by atoms with Crippen molar-refractivity contribution in [3.63, 3.8) is 0 Å². The lowest BCUT2D eigenvalue weighted by atomic mass is 9.89. The SMILES string of the molecule is COCCOC(=O)CCNC(C)CNC1[C@H](O[C@@H]2C(CO)O[C@@H](C)C(N)[C@H]2O)OC(CO)[C@@H](O[C@@H]2OC(CO)[C@H](C)[C@H](O)C2NC(C)=O)[C@@H]1O. The van der Waals surface area contributed by atoms with Gasteiger partial charge in [-0.1, -0.05) is 6.92 Å². The molecule has 7 unspecified atom stereocenters. The van der Waals surface area contributed by atoms with Gasteiger partial charge in [0.25, 0.3) is 0 Å². The molecule has 3 heterocycles. The topological polar surface area (TPSA) is 282 Å². The van der Waals surface area contributed by atoms with Gasteiger partial charge in [0.1, 0.15) is 49.3 Å². The Labute approximate surface area is 292 Å². The van der Waals surface area contributed by atoms with Gasteiger partial charge >= 0.3 is 5.97 Å². The number of rotatable bonds is 18. The first-order valence-corrected chi connectivity index (χ1v) is 17.1. The van der Waals surface area contributed by atoms with Gasteiger partial charge in [0, 0.05) is 39.1 Å². The van der Waals surface area contributed by atoms with Crippen LogP contribution in [0.4, 0.5) is 0 Å². The lowest BCUT2D eigenvalue weighted by molar-refractivity contribution is -0.344. The third kappa shape index (κ3) is 11.2. The van der Waals surface area contributed by atoms with Crippen molar-refractivity contribution in [1.82, 2.24) is 16.0 Å². The third-order valence-corrected chi connectivity index (χ3v) is 9.32. The fraction of sp³-hybridized carbons (Fsp3) is 0.935. The second-order valence-electron chi connectivity index (χ2n) is 13.1. The fourth-order valence-corrected chi connectivity index (χ4v) is 6.27. The number of nitrogens with two attached hydrogens (primary N) is 1. The Morgan fingerprint density at radius 3 is 2.02 bits per heavy atom. The highest BCUT2D eigenvalue weighted by Crippen LogP contribution is 2.33. The maximum atomic E-state index is 12.0. The number of ether oxygens (including phenoxy) is 7. The highest BCUT2D eigenvalue weighted by molar-refractivity contribution is 5.73. The zero-order valence-corrected chi connectivity index (χ0v) is 29.3. The van der Waals surface area contributed by atoms with E-state index in [0.29, 0.717) is 0 Å². The Balaban J connectivity index is 1.82. The summed E-state index contributed by atoms with van der Waals surface area (Å²) in [6.45, 7) is 5.59. The van der Waals surface area contributed by atoms with Crippen LogP contribution in [0.3, 0.4) is 0 Å². The van der Waals surface area contributed by atoms with E-state index in [1.165, 1.54) is 14.0 Å². The number of hydrogen-bond acceptors (Lipinski definition) is 18. The van der Waals surface area contributed by atoms with Crippen LogP contribution in [0.25, 0.3) is 0 Å². The average molecular weight is 727 g/mol. The number of methoxy groups -OCH3 is 1. The van der Waals surface area contributed by atoms with Crippen molar-refractivity contribution >= 4 is 11.9 Å². The molecule has 50 heavy (non-hydrogen) atoms. The highest BCUT2D eigenvalue weighted by Gasteiger charge is 2.53. The second-order valence-corrected chi connectivity index (χ2v) is 13.1. The summed E-state index contributed by atoms with van der Waals surface area (Å²) in [6, 6.07) is -3.37. The summed E-state index contributed by atoms with van der Waals surface area (Å²) in [5.74, 6) is -1.49. The van der Waals surface area contributed by atoms with E-state index in [2.05, 4.69) is 16.0 Å². The van der Waals surface area contributed by atoms with Gasteiger partial charge in [-0.25, -0.2) is 0 Å². The molecule has 292 valence electrons. The second kappa shape index (κ2) is 20.5. The molecule has 19 nitrogen and oxygen atoms in total. The zero-order valence-electron chi connectivity index (χ0n) is 29.3. The van der Waals surface area contributed by atoms with Crippen molar-refractivity contribution in [3.8, 4) is 0 Å². The molecule has 3 saturated heterocycles. The first kappa shape index (κ1) is 42.8. The van der Waals surface area contributed by atoms with E-state index < -0.39 is 123 Å². The standard InChI is InChI=1S/C31H58N4O15/c1-14(33-7-6-21(40)45-9-8-44-5)10-34-23-27(43)29(50-31-24(35-17(4)39)25(41)15(2)18(11-36)47-31)20(13-38)48-30(23)49-28-19(12-37)46-16(3)22(32)26(28)42/h14-16,18-20,22-31,33-34,36-38,41-43H,6-13,32H2,1-5H3,(H,35,39)/t14?,15-,16-,18?,19?,20?,22?,23?,24?,25-,26+,27+,28+,29+,30-,31-/m0/s1. The summed E-state index contributed by atoms with van der Waals surface area (Å²) < 4.78 is 40.1. The van der Waals surface area contributed by atoms with E-state index in [9.17, 15) is 40.2 Å². The Morgan fingerprint density at radius 1 is 0.840 bits per heavy atom. The summed E-state index contributed by atoms with van der Waals surface area (Å²) >= 11 is 0. The van der Waals surface area contributed by atoms with Gasteiger partial charge in [-0.3, -0.25) is 9.59 Å². The molecular weight excluding hydrogens is 668 g/mol. The molecule has 3 aliphatic rings. The van der Waals surface area contributed by atoms with E-state index in [0.717, 1.165) is 0 Å². The van der Waals surface area contributed by atoms with E-state index in [-0.39, 0.29) is 38.8 Å². The molecule has 0 aromatic rings. The molecule has 0 bridgehead atoms. The number of aliphatic hydroxyl groups excluding tert-OH is 6. The Morgan fingerprint density at radius 2 is 1.42 bits per heavy atom. The predicted molar refractivity (Wildman–Crippen MR) is 172 cm³/mol. The van der Waals surface area contributed by atoms with Crippen LogP contribution < -0.4 is 21.7 Å². The summed E-state index contributed by atoms with van der Waals surface area (Å²) in [5.41, 5.74) is 6.14. The molecule has 0 aromatic heterocycles. The van der Waals surface area contributed by atoms with Crippen LogP contribution in [0.2, 0.25) is 0 Å². The van der Waals surface area contributed by atoms with Gasteiger partial charge in [0.2, 0.25) is 5.91 Å². The van der Waals surface area contributed by atoms with Crippen LogP contribution in [0, 0.1) is 5.92 Å². The molecule has 3 rings (SSSR count). The largest absolute Gasteiger partial charge is 0.463 e. The van der Waals surface area contributed by atoms with E-state index >= 15 is 0 Å². The molecule has 16 atom stereocenters. The summed E-state index contributed by atoms with van der Waals surface area (Å²) in [6.07, 6.45) is -12.9. The van der Waals surface area contributed by atoms with Gasteiger partial charge in [-0.2, -0.15) is 0 Å². The normalized spacial score (nSPS) is 39.9. The van der Waals surface area contributed by atoms with Crippen LogP contribution in [0.1, 0.15) is 34.1 Å². The minimum Gasteiger partial charge on any atom is -0.463 e. The Kier molecular flexibility index (Phi) is 17.6. The summed E-state index contributed by atoms with van der Waals surface area (Å²) in [4.78, 5) is 24.0. The van der Waals surface area contributed by atoms with Crippen molar-refractivity contribution in [1.29, 1.82) is 0 Å². The van der Waals surface area contributed by atoms with Crippen molar-refractivity contribution in [2.75, 3.05) is 53.2 Å². The molecule has 0 aliphatic carbocycles. The number of hydrogen-bond donors (Lipinski definition) is 10. The van der Waals surface area contributed by atoms with Crippen molar-refractivity contribution in [2.24, 2.45) is 11.7 Å². The molecule has 1 amide bonds. The number of esters is 1. The maximum Gasteiger partial charge on any atom is 0.307 e. The van der Waals surface area contributed by atoms with Gasteiger partial charge < -0.3 is 85.5 Å². The van der Waals surface area contributed by atoms with E-state index in [1.807, 2.05) is 6.92 Å². The van der Waals surface area contributed by atoms with Crippen LogP contribution in [0.15, 0.2) is 0 Å². The predicted octanol–water partition coefficient (Wildman–Crippen LogP) is -4.96. The minimum atomic E-state index is -1.51. The van der Waals surface area contributed by atoms with Crippen molar-refractivity contribution in [2.45, 2.75) is 126 Å². The van der Waals surface area contributed by atoms with Gasteiger partial charge in [0.15, 0.2) is 12.6 Å². The van der Waals surface area contributed by atoms with Gasteiger partial charge in [-0.05, 0) is 13.8 Å². The Hall–Kier alpha value is -1.66. The quantitative estimate of drug-likeness (QED) is 0.0468. The molecular formula is C31H58N4O15. The number of nitrogens with one attached hydrogen (secondary N) is 3. The number of amides is 1. The number of aliphatic hydroxyl groups is 6. The van der Waals surface area contributed by atoms with Crippen LogP contribution in [-0.4, -0.2) is 187 Å². The number of carbonyl (C=O) groups is 2.